The maximum absolute atomic E-state index is 12.3. The predicted octanol–water partition coefficient (Wildman–Crippen LogP) is 3.05. The SMILES string of the molecule is CC(C)(C)OC(=O)N1CC2(CC(n3nc(-c4cnn(Cc5ccccc5)c4)c(C(N)=O)c3N)C2)C1. The second-order valence-corrected chi connectivity index (χ2v) is 10.7. The molecule has 2 aliphatic rings. The van der Waals surface area contributed by atoms with E-state index in [0.29, 0.717) is 30.9 Å². The number of benzene rings is 1. The van der Waals surface area contributed by atoms with Gasteiger partial charge in [0.05, 0.1) is 18.8 Å². The van der Waals surface area contributed by atoms with Gasteiger partial charge in [0.15, 0.2) is 0 Å². The second kappa shape index (κ2) is 8.14. The number of ether oxygens (including phenoxy) is 1. The van der Waals surface area contributed by atoms with Crippen LogP contribution in [0.15, 0.2) is 42.7 Å². The number of carbonyl (C=O) groups is 2. The third-order valence-corrected chi connectivity index (χ3v) is 6.68. The van der Waals surface area contributed by atoms with Crippen LogP contribution in [0.4, 0.5) is 10.6 Å². The maximum Gasteiger partial charge on any atom is 0.410 e. The van der Waals surface area contributed by atoms with E-state index in [4.69, 9.17) is 21.3 Å². The highest BCUT2D eigenvalue weighted by Gasteiger charge is 2.55. The van der Waals surface area contributed by atoms with E-state index in [-0.39, 0.29) is 28.9 Å². The third-order valence-electron chi connectivity index (χ3n) is 6.68. The zero-order valence-electron chi connectivity index (χ0n) is 20.3. The number of carbonyl (C=O) groups excluding carboxylic acids is 2. The van der Waals surface area contributed by atoms with Crippen molar-refractivity contribution < 1.29 is 14.3 Å². The molecule has 0 unspecified atom stereocenters. The molecule has 184 valence electrons. The van der Waals surface area contributed by atoms with Gasteiger partial charge in [-0.15, -0.1) is 0 Å². The molecule has 1 aliphatic carbocycles. The van der Waals surface area contributed by atoms with Crippen LogP contribution >= 0.6 is 0 Å². The summed E-state index contributed by atoms with van der Waals surface area (Å²) >= 11 is 0. The van der Waals surface area contributed by atoms with Gasteiger partial charge in [0.2, 0.25) is 0 Å². The Morgan fingerprint density at radius 3 is 2.49 bits per heavy atom. The van der Waals surface area contributed by atoms with E-state index < -0.39 is 11.5 Å². The molecule has 1 aromatic carbocycles. The Balaban J connectivity index is 1.30. The molecule has 10 heteroatoms. The minimum Gasteiger partial charge on any atom is -0.444 e. The normalized spacial score (nSPS) is 17.2. The van der Waals surface area contributed by atoms with Crippen LogP contribution in [0, 0.1) is 5.41 Å². The summed E-state index contributed by atoms with van der Waals surface area (Å²) < 4.78 is 8.97. The Morgan fingerprint density at radius 1 is 1.17 bits per heavy atom. The van der Waals surface area contributed by atoms with Crippen LogP contribution in [-0.4, -0.2) is 55.2 Å². The van der Waals surface area contributed by atoms with Crippen molar-refractivity contribution in [1.82, 2.24) is 24.5 Å². The molecule has 1 spiro atoms. The van der Waals surface area contributed by atoms with E-state index in [0.717, 1.165) is 18.4 Å². The standard InChI is InChI=1S/C25H31N7O3/c1-24(2,3)35-23(34)30-14-25(15-30)9-18(10-25)32-21(26)19(22(27)33)20(29-32)17-11-28-31(13-17)12-16-7-5-4-6-8-16/h4-8,11,13,18H,9-10,12,14-15,26H2,1-3H3,(H2,27,33). The largest absolute Gasteiger partial charge is 0.444 e. The molecular formula is C25H31N7O3. The minimum atomic E-state index is -0.617. The fourth-order valence-electron chi connectivity index (χ4n) is 5.10. The molecule has 2 fully saturated rings. The monoisotopic (exact) mass is 477 g/mol. The molecule has 3 aromatic rings. The first-order valence-electron chi connectivity index (χ1n) is 11.8. The topological polar surface area (TPSA) is 134 Å². The van der Waals surface area contributed by atoms with Gasteiger partial charge in [0.25, 0.3) is 5.91 Å². The zero-order valence-corrected chi connectivity index (χ0v) is 20.3. The van der Waals surface area contributed by atoms with Crippen molar-refractivity contribution in [2.75, 3.05) is 18.8 Å². The van der Waals surface area contributed by atoms with Crippen molar-refractivity contribution >= 4 is 17.8 Å². The Kier molecular flexibility index (Phi) is 5.34. The summed E-state index contributed by atoms with van der Waals surface area (Å²) in [7, 11) is 0. The Morgan fingerprint density at radius 2 is 1.86 bits per heavy atom. The smallest absolute Gasteiger partial charge is 0.410 e. The van der Waals surface area contributed by atoms with Gasteiger partial charge in [-0.3, -0.25) is 9.48 Å². The van der Waals surface area contributed by atoms with Crippen molar-refractivity contribution in [3.63, 3.8) is 0 Å². The second-order valence-electron chi connectivity index (χ2n) is 10.7. The molecule has 5 rings (SSSR count). The average Bonchev–Trinajstić information content (AvgIpc) is 3.30. The highest BCUT2D eigenvalue weighted by molar-refractivity contribution is 6.03. The van der Waals surface area contributed by atoms with Crippen LogP contribution in [0.2, 0.25) is 0 Å². The summed E-state index contributed by atoms with van der Waals surface area (Å²) in [4.78, 5) is 26.3. The van der Waals surface area contributed by atoms with Gasteiger partial charge in [-0.2, -0.15) is 10.2 Å². The van der Waals surface area contributed by atoms with E-state index in [2.05, 4.69) is 5.10 Å². The molecule has 35 heavy (non-hydrogen) atoms. The number of nitrogens with zero attached hydrogens (tertiary/aromatic N) is 5. The molecule has 10 nitrogen and oxygen atoms in total. The summed E-state index contributed by atoms with van der Waals surface area (Å²) in [6.07, 6.45) is 4.88. The molecule has 1 saturated carbocycles. The van der Waals surface area contributed by atoms with Gasteiger partial charge in [0.1, 0.15) is 22.7 Å². The lowest BCUT2D eigenvalue weighted by atomic mass is 9.61. The third kappa shape index (κ3) is 4.36. The lowest BCUT2D eigenvalue weighted by Gasteiger charge is -2.58. The van der Waals surface area contributed by atoms with Crippen LogP contribution < -0.4 is 11.5 Å². The van der Waals surface area contributed by atoms with Crippen LogP contribution in [-0.2, 0) is 11.3 Å². The van der Waals surface area contributed by atoms with Gasteiger partial charge < -0.3 is 21.1 Å². The molecule has 4 N–H and O–H groups in total. The van der Waals surface area contributed by atoms with Gasteiger partial charge in [0, 0.05) is 30.3 Å². The number of nitrogens with two attached hydrogens (primary N) is 2. The molecule has 3 heterocycles. The first-order chi connectivity index (χ1) is 16.5. The molecule has 2 aromatic heterocycles. The highest BCUT2D eigenvalue weighted by atomic mass is 16.6. The van der Waals surface area contributed by atoms with Crippen LogP contribution in [0.3, 0.4) is 0 Å². The van der Waals surface area contributed by atoms with E-state index in [1.165, 1.54) is 0 Å². The lowest BCUT2D eigenvalue weighted by molar-refractivity contribution is -0.0923. The minimum absolute atomic E-state index is 0.0435. The number of amides is 2. The van der Waals surface area contributed by atoms with Crippen LogP contribution in [0.1, 0.15) is 55.6 Å². The molecule has 1 aliphatic heterocycles. The van der Waals surface area contributed by atoms with Gasteiger partial charge in [-0.25, -0.2) is 9.48 Å². The molecule has 1 saturated heterocycles. The summed E-state index contributed by atoms with van der Waals surface area (Å²) in [5, 5.41) is 9.13. The Hall–Kier alpha value is -3.82. The molecule has 0 radical (unpaired) electrons. The summed E-state index contributed by atoms with van der Waals surface area (Å²) in [6, 6.07) is 10.0. The van der Waals surface area contributed by atoms with Crippen LogP contribution in [0.5, 0.6) is 0 Å². The number of rotatable bonds is 5. The van der Waals surface area contributed by atoms with E-state index in [1.807, 2.05) is 57.3 Å². The first-order valence-corrected chi connectivity index (χ1v) is 11.8. The molecule has 0 bridgehead atoms. The van der Waals surface area contributed by atoms with Crippen molar-refractivity contribution in [1.29, 1.82) is 0 Å². The fourth-order valence-corrected chi connectivity index (χ4v) is 5.10. The van der Waals surface area contributed by atoms with Crippen molar-refractivity contribution in [3.8, 4) is 11.3 Å². The number of hydrogen-bond donors (Lipinski definition) is 2. The maximum atomic E-state index is 12.3. The van der Waals surface area contributed by atoms with Gasteiger partial charge in [-0.1, -0.05) is 30.3 Å². The summed E-state index contributed by atoms with van der Waals surface area (Å²) in [5.41, 5.74) is 14.1. The quantitative estimate of drug-likeness (QED) is 0.580. The molecular weight excluding hydrogens is 446 g/mol. The first kappa shape index (κ1) is 22.9. The summed E-state index contributed by atoms with van der Waals surface area (Å²) in [6.45, 7) is 7.49. The Bertz CT molecular complexity index is 1260. The van der Waals surface area contributed by atoms with Crippen LogP contribution in [0.25, 0.3) is 11.3 Å². The lowest BCUT2D eigenvalue weighted by Crippen LogP contribution is -2.64. The molecule has 2 amide bonds. The zero-order chi connectivity index (χ0) is 25.0. The van der Waals surface area contributed by atoms with E-state index in [1.54, 1.807) is 20.5 Å². The van der Waals surface area contributed by atoms with Gasteiger partial charge >= 0.3 is 6.09 Å². The van der Waals surface area contributed by atoms with E-state index >= 15 is 0 Å². The average molecular weight is 478 g/mol. The highest BCUT2D eigenvalue weighted by Crippen LogP contribution is 2.55. The van der Waals surface area contributed by atoms with E-state index in [9.17, 15) is 9.59 Å². The number of likely N-dealkylation sites (tertiary alicyclic amines) is 1. The van der Waals surface area contributed by atoms with Crippen molar-refractivity contribution in [2.24, 2.45) is 11.1 Å². The molecule has 0 atom stereocenters. The summed E-state index contributed by atoms with van der Waals surface area (Å²) in [5.74, 6) is -0.347. The number of primary amides is 1. The number of hydrogen-bond acceptors (Lipinski definition) is 6. The number of anilines is 1. The van der Waals surface area contributed by atoms with Crippen molar-refractivity contribution in [3.05, 3.63) is 53.9 Å². The number of nitrogen functional groups attached to an aromatic ring is 1. The fraction of sp³-hybridized carbons (Fsp3) is 0.440. The van der Waals surface area contributed by atoms with Crippen molar-refractivity contribution in [2.45, 2.75) is 51.8 Å². The Labute approximate surface area is 203 Å². The number of aromatic nitrogens is 4. The van der Waals surface area contributed by atoms with Gasteiger partial charge in [-0.05, 0) is 39.2 Å². The predicted molar refractivity (Wildman–Crippen MR) is 130 cm³/mol.